The normalized spacial score (nSPS) is 12.7. The van der Waals surface area contributed by atoms with Gasteiger partial charge in [-0.1, -0.05) is 349 Å². The second kappa shape index (κ2) is 70.8. The van der Waals surface area contributed by atoms with Crippen LogP contribution in [0.3, 0.4) is 0 Å². The van der Waals surface area contributed by atoms with E-state index in [9.17, 15) is 14.4 Å². The van der Waals surface area contributed by atoms with E-state index in [1.54, 1.807) is 0 Å². The molecular formula is C77H134O6. The second-order valence-corrected chi connectivity index (χ2v) is 23.8. The van der Waals surface area contributed by atoms with Gasteiger partial charge < -0.3 is 14.2 Å². The minimum Gasteiger partial charge on any atom is -0.462 e. The largest absolute Gasteiger partial charge is 0.462 e. The highest BCUT2D eigenvalue weighted by Gasteiger charge is 2.19. The number of allylic oxidation sites excluding steroid dienone is 16. The Labute approximate surface area is 515 Å². The summed E-state index contributed by atoms with van der Waals surface area (Å²) in [6.07, 6.45) is 95.7. The third kappa shape index (κ3) is 69.0. The monoisotopic (exact) mass is 1160 g/mol. The third-order valence-corrected chi connectivity index (χ3v) is 15.6. The summed E-state index contributed by atoms with van der Waals surface area (Å²) in [4.78, 5) is 38.4. The van der Waals surface area contributed by atoms with Crippen molar-refractivity contribution in [2.24, 2.45) is 0 Å². The van der Waals surface area contributed by atoms with E-state index in [0.717, 1.165) is 116 Å². The van der Waals surface area contributed by atoms with E-state index >= 15 is 0 Å². The number of unbranched alkanes of at least 4 members (excludes halogenated alkanes) is 38. The highest BCUT2D eigenvalue weighted by Crippen LogP contribution is 2.18. The molecule has 6 heteroatoms. The van der Waals surface area contributed by atoms with Crippen LogP contribution in [0.2, 0.25) is 0 Å². The van der Waals surface area contributed by atoms with Gasteiger partial charge in [-0.15, -0.1) is 0 Å². The van der Waals surface area contributed by atoms with Gasteiger partial charge in [-0.05, 0) is 83.5 Å². The van der Waals surface area contributed by atoms with Crippen LogP contribution in [0.1, 0.15) is 355 Å². The Morgan fingerprint density at radius 3 is 0.735 bits per heavy atom. The summed E-state index contributed by atoms with van der Waals surface area (Å²) in [5, 5.41) is 0. The van der Waals surface area contributed by atoms with Crippen molar-refractivity contribution in [3.8, 4) is 0 Å². The number of carbonyl (C=O) groups is 3. The average Bonchev–Trinajstić information content (AvgIpc) is 3.49. The average molecular weight is 1160 g/mol. The summed E-state index contributed by atoms with van der Waals surface area (Å²) >= 11 is 0. The molecule has 0 aliphatic heterocycles. The molecule has 0 rings (SSSR count). The van der Waals surface area contributed by atoms with Crippen LogP contribution in [0.15, 0.2) is 97.2 Å². The molecule has 0 aliphatic carbocycles. The van der Waals surface area contributed by atoms with Crippen molar-refractivity contribution < 1.29 is 28.6 Å². The topological polar surface area (TPSA) is 78.9 Å². The summed E-state index contributed by atoms with van der Waals surface area (Å²) in [6, 6.07) is 0. The highest BCUT2D eigenvalue weighted by atomic mass is 16.6. The molecule has 0 aromatic rings. The lowest BCUT2D eigenvalue weighted by Crippen LogP contribution is -2.30. The number of ether oxygens (including phenoxy) is 3. The first kappa shape index (κ1) is 79.3. The van der Waals surface area contributed by atoms with Gasteiger partial charge in [0.1, 0.15) is 13.2 Å². The Morgan fingerprint density at radius 2 is 0.470 bits per heavy atom. The molecule has 0 radical (unpaired) electrons. The van der Waals surface area contributed by atoms with Gasteiger partial charge in [-0.2, -0.15) is 0 Å². The molecule has 0 fully saturated rings. The fraction of sp³-hybridized carbons (Fsp3) is 0.753. The lowest BCUT2D eigenvalue weighted by molar-refractivity contribution is -0.167. The zero-order chi connectivity index (χ0) is 59.9. The van der Waals surface area contributed by atoms with Gasteiger partial charge in [-0.3, -0.25) is 14.4 Å². The summed E-state index contributed by atoms with van der Waals surface area (Å²) in [7, 11) is 0. The minimum atomic E-state index is -0.778. The van der Waals surface area contributed by atoms with Crippen LogP contribution in [0.25, 0.3) is 0 Å². The summed E-state index contributed by atoms with van der Waals surface area (Å²) in [5.41, 5.74) is 0. The van der Waals surface area contributed by atoms with Crippen molar-refractivity contribution in [3.05, 3.63) is 97.2 Å². The van der Waals surface area contributed by atoms with Crippen LogP contribution >= 0.6 is 0 Å². The molecule has 478 valence electrons. The molecule has 6 nitrogen and oxygen atoms in total. The summed E-state index contributed by atoms with van der Waals surface area (Å²) in [6.45, 7) is 6.57. The lowest BCUT2D eigenvalue weighted by Gasteiger charge is -2.18. The van der Waals surface area contributed by atoms with Crippen LogP contribution in [0.4, 0.5) is 0 Å². The van der Waals surface area contributed by atoms with Crippen LogP contribution in [-0.2, 0) is 28.6 Å². The third-order valence-electron chi connectivity index (χ3n) is 15.6. The standard InChI is InChI=1S/C77H134O6/c1-4-7-10-13-16-19-22-25-28-30-32-33-34-35-36-37-38-39-40-41-42-43-44-45-46-48-49-52-55-58-61-64-67-70-76(79)82-73-74(72-81-75(78)69-66-63-60-57-54-51-27-24-21-18-15-12-9-6-3)83-77(80)71-68-65-62-59-56-53-50-47-31-29-26-23-20-17-14-11-8-5-2/h7,10,16,19,25,28,32-33,35-36,38-39,41-42,44-45,74H,4-6,8-9,11-15,17-18,20-24,26-27,29-31,34,37,40,43,46-73H2,1-3H3/b10-7-,19-16-,28-25-,33-32-,36-35-,39-38-,42-41-,45-44-. The van der Waals surface area contributed by atoms with Crippen molar-refractivity contribution in [1.29, 1.82) is 0 Å². The van der Waals surface area contributed by atoms with Crippen molar-refractivity contribution in [2.75, 3.05) is 13.2 Å². The lowest BCUT2D eigenvalue weighted by atomic mass is 10.0. The quantitative estimate of drug-likeness (QED) is 0.0261. The molecular weight excluding hydrogens is 1020 g/mol. The van der Waals surface area contributed by atoms with Crippen molar-refractivity contribution >= 4 is 17.9 Å². The number of hydrogen-bond donors (Lipinski definition) is 0. The number of carbonyl (C=O) groups excluding carboxylic acids is 3. The fourth-order valence-corrected chi connectivity index (χ4v) is 10.3. The van der Waals surface area contributed by atoms with Crippen LogP contribution in [-0.4, -0.2) is 37.2 Å². The summed E-state index contributed by atoms with van der Waals surface area (Å²) < 4.78 is 17.0. The maximum atomic E-state index is 12.9. The van der Waals surface area contributed by atoms with Gasteiger partial charge in [0, 0.05) is 19.3 Å². The molecule has 0 saturated heterocycles. The number of esters is 3. The minimum absolute atomic E-state index is 0.0739. The Hall–Kier alpha value is -3.67. The first-order valence-corrected chi connectivity index (χ1v) is 35.7. The van der Waals surface area contributed by atoms with E-state index in [4.69, 9.17) is 14.2 Å². The van der Waals surface area contributed by atoms with E-state index in [0.29, 0.717) is 19.3 Å². The molecule has 0 aromatic heterocycles. The zero-order valence-corrected chi connectivity index (χ0v) is 54.9. The highest BCUT2D eigenvalue weighted by molar-refractivity contribution is 5.71. The van der Waals surface area contributed by atoms with Gasteiger partial charge in [0.05, 0.1) is 0 Å². The molecule has 1 atom stereocenters. The Bertz CT molecular complexity index is 1610. The number of hydrogen-bond acceptors (Lipinski definition) is 6. The predicted octanol–water partition coefficient (Wildman–Crippen LogP) is 24.8. The maximum Gasteiger partial charge on any atom is 0.306 e. The van der Waals surface area contributed by atoms with E-state index in [-0.39, 0.29) is 31.1 Å². The smallest absolute Gasteiger partial charge is 0.306 e. The molecule has 0 amide bonds. The van der Waals surface area contributed by atoms with Gasteiger partial charge in [0.25, 0.3) is 0 Å². The van der Waals surface area contributed by atoms with E-state index in [1.165, 1.54) is 199 Å². The van der Waals surface area contributed by atoms with Gasteiger partial charge >= 0.3 is 17.9 Å². The van der Waals surface area contributed by atoms with E-state index < -0.39 is 6.10 Å². The summed E-state index contributed by atoms with van der Waals surface area (Å²) in [5.74, 6) is -0.862. The van der Waals surface area contributed by atoms with Crippen LogP contribution in [0.5, 0.6) is 0 Å². The van der Waals surface area contributed by atoms with Crippen molar-refractivity contribution in [1.82, 2.24) is 0 Å². The first-order valence-electron chi connectivity index (χ1n) is 35.7. The molecule has 0 saturated carbocycles. The molecule has 0 bridgehead atoms. The molecule has 0 heterocycles. The zero-order valence-electron chi connectivity index (χ0n) is 54.9. The van der Waals surface area contributed by atoms with E-state index in [1.807, 2.05) is 0 Å². The van der Waals surface area contributed by atoms with Crippen molar-refractivity contribution in [3.63, 3.8) is 0 Å². The Kier molecular flexibility index (Phi) is 67.7. The van der Waals surface area contributed by atoms with Gasteiger partial charge in [-0.25, -0.2) is 0 Å². The predicted molar refractivity (Wildman–Crippen MR) is 362 cm³/mol. The Morgan fingerprint density at radius 1 is 0.253 bits per heavy atom. The maximum absolute atomic E-state index is 12.9. The first-order chi connectivity index (χ1) is 41.0. The molecule has 0 aliphatic rings. The number of rotatable bonds is 65. The second-order valence-electron chi connectivity index (χ2n) is 23.8. The van der Waals surface area contributed by atoms with Gasteiger partial charge in [0.2, 0.25) is 0 Å². The molecule has 1 unspecified atom stereocenters. The Balaban J connectivity index is 4.27. The van der Waals surface area contributed by atoms with Gasteiger partial charge in [0.15, 0.2) is 6.10 Å². The molecule has 83 heavy (non-hydrogen) atoms. The van der Waals surface area contributed by atoms with Crippen molar-refractivity contribution in [2.45, 2.75) is 361 Å². The van der Waals surface area contributed by atoms with Crippen LogP contribution in [0, 0.1) is 0 Å². The molecule has 0 spiro atoms. The van der Waals surface area contributed by atoms with Crippen LogP contribution < -0.4 is 0 Å². The van der Waals surface area contributed by atoms with E-state index in [2.05, 4.69) is 118 Å². The fourth-order valence-electron chi connectivity index (χ4n) is 10.3. The SMILES string of the molecule is CC/C=C\C/C=C\C/C=C\C/C=C\C/C=C\C/C=C\C/C=C\C/C=C\CCCCCCCCCCC(=O)OCC(COC(=O)CCCCCCCCCCCCCCCC)OC(=O)CCCCCCCCCCCCCCCCCCCC. The molecule has 0 N–H and O–H groups in total. The molecule has 0 aromatic carbocycles.